The highest BCUT2D eigenvalue weighted by atomic mass is 79.9. The van der Waals surface area contributed by atoms with E-state index < -0.39 is 0 Å². The molecule has 1 saturated carbocycles. The van der Waals surface area contributed by atoms with E-state index in [9.17, 15) is 4.79 Å². The highest BCUT2D eigenvalue weighted by Gasteiger charge is 2.45. The minimum Gasteiger partial charge on any atom is -0.342 e. The molecule has 0 radical (unpaired) electrons. The molecule has 0 aromatic heterocycles. The molecule has 1 aliphatic carbocycles. The summed E-state index contributed by atoms with van der Waals surface area (Å²) >= 11 is 3.44. The lowest BCUT2D eigenvalue weighted by molar-refractivity contribution is -0.131. The molecular formula is C14H16BrNO. The van der Waals surface area contributed by atoms with Crippen molar-refractivity contribution in [2.75, 3.05) is 13.1 Å². The number of carbonyl (C=O) groups excluding carboxylic acids is 1. The maximum Gasteiger partial charge on any atom is 0.226 e. The molecule has 90 valence electrons. The zero-order valence-corrected chi connectivity index (χ0v) is 11.3. The number of hydrogen-bond donors (Lipinski definition) is 0. The van der Waals surface area contributed by atoms with Gasteiger partial charge in [0.25, 0.3) is 0 Å². The maximum absolute atomic E-state index is 12.2. The Bertz CT molecular complexity index is 422. The Balaban J connectivity index is 1.65. The molecule has 1 aromatic rings. The van der Waals surface area contributed by atoms with Gasteiger partial charge in [-0.2, -0.15) is 0 Å². The molecule has 0 spiro atoms. The summed E-state index contributed by atoms with van der Waals surface area (Å²) in [4.78, 5) is 14.2. The van der Waals surface area contributed by atoms with Crippen LogP contribution in [-0.2, 0) is 4.79 Å². The molecule has 0 N–H and O–H groups in total. The maximum atomic E-state index is 12.2. The summed E-state index contributed by atoms with van der Waals surface area (Å²) in [5, 5.41) is 0. The van der Waals surface area contributed by atoms with Gasteiger partial charge in [-0.25, -0.2) is 0 Å². The van der Waals surface area contributed by atoms with Crippen LogP contribution >= 0.6 is 15.9 Å². The first-order valence-corrected chi connectivity index (χ1v) is 7.09. The minimum atomic E-state index is 0.259. The second-order valence-electron chi connectivity index (χ2n) is 5.03. The lowest BCUT2D eigenvalue weighted by Gasteiger charge is -2.14. The fourth-order valence-corrected chi connectivity index (χ4v) is 2.98. The third-order valence-corrected chi connectivity index (χ3v) is 4.35. The molecule has 17 heavy (non-hydrogen) atoms. The van der Waals surface area contributed by atoms with Crippen molar-refractivity contribution in [1.82, 2.24) is 4.90 Å². The third-order valence-electron chi connectivity index (χ3n) is 3.82. The SMILES string of the molecule is O=C([C@H]1C[C@@H]1c1ccc(Br)cc1)N1CCCC1. The molecule has 1 amide bonds. The number of likely N-dealkylation sites (tertiary alicyclic amines) is 1. The van der Waals surface area contributed by atoms with Crippen LogP contribution in [0.4, 0.5) is 0 Å². The molecule has 2 atom stereocenters. The van der Waals surface area contributed by atoms with Crippen molar-refractivity contribution >= 4 is 21.8 Å². The van der Waals surface area contributed by atoms with Crippen molar-refractivity contribution in [3.05, 3.63) is 34.3 Å². The van der Waals surface area contributed by atoms with E-state index in [2.05, 4.69) is 40.2 Å². The van der Waals surface area contributed by atoms with Gasteiger partial charge in [0.1, 0.15) is 0 Å². The average molecular weight is 294 g/mol. The summed E-state index contributed by atoms with van der Waals surface area (Å²) in [6, 6.07) is 8.38. The van der Waals surface area contributed by atoms with Gasteiger partial charge in [0.2, 0.25) is 5.91 Å². The number of nitrogens with zero attached hydrogens (tertiary/aromatic N) is 1. The highest BCUT2D eigenvalue weighted by molar-refractivity contribution is 9.10. The van der Waals surface area contributed by atoms with Crippen molar-refractivity contribution in [3.8, 4) is 0 Å². The van der Waals surface area contributed by atoms with E-state index >= 15 is 0 Å². The molecular weight excluding hydrogens is 278 g/mol. The largest absolute Gasteiger partial charge is 0.342 e. The predicted molar refractivity (Wildman–Crippen MR) is 70.8 cm³/mol. The van der Waals surface area contributed by atoms with Gasteiger partial charge >= 0.3 is 0 Å². The van der Waals surface area contributed by atoms with E-state index in [1.807, 2.05) is 4.90 Å². The van der Waals surface area contributed by atoms with Crippen LogP contribution in [-0.4, -0.2) is 23.9 Å². The summed E-state index contributed by atoms with van der Waals surface area (Å²) in [5.41, 5.74) is 1.31. The van der Waals surface area contributed by atoms with Gasteiger partial charge in [-0.3, -0.25) is 4.79 Å². The minimum absolute atomic E-state index is 0.259. The van der Waals surface area contributed by atoms with Crippen molar-refractivity contribution in [3.63, 3.8) is 0 Å². The van der Waals surface area contributed by atoms with Gasteiger partial charge in [-0.1, -0.05) is 28.1 Å². The number of rotatable bonds is 2. The number of carbonyl (C=O) groups is 1. The van der Waals surface area contributed by atoms with Crippen LogP contribution in [0, 0.1) is 5.92 Å². The predicted octanol–water partition coefficient (Wildman–Crippen LogP) is 3.18. The average Bonchev–Trinajstić information content (AvgIpc) is 2.94. The fourth-order valence-electron chi connectivity index (χ4n) is 2.72. The fraction of sp³-hybridized carbons (Fsp3) is 0.500. The van der Waals surface area contributed by atoms with Crippen molar-refractivity contribution in [2.24, 2.45) is 5.92 Å². The van der Waals surface area contributed by atoms with Crippen molar-refractivity contribution in [1.29, 1.82) is 0 Å². The van der Waals surface area contributed by atoms with Gasteiger partial charge in [0.15, 0.2) is 0 Å². The zero-order chi connectivity index (χ0) is 11.8. The first-order valence-electron chi connectivity index (χ1n) is 6.30. The van der Waals surface area contributed by atoms with E-state index in [0.717, 1.165) is 24.0 Å². The van der Waals surface area contributed by atoms with Gasteiger partial charge in [-0.15, -0.1) is 0 Å². The lowest BCUT2D eigenvalue weighted by Crippen LogP contribution is -2.29. The van der Waals surface area contributed by atoms with Crippen LogP contribution in [0.5, 0.6) is 0 Å². The van der Waals surface area contributed by atoms with Crippen LogP contribution in [0.25, 0.3) is 0 Å². The quantitative estimate of drug-likeness (QED) is 0.820. The molecule has 1 aliphatic heterocycles. The van der Waals surface area contributed by atoms with Crippen molar-refractivity contribution in [2.45, 2.75) is 25.2 Å². The Morgan fingerprint density at radius 3 is 2.47 bits per heavy atom. The molecule has 3 rings (SSSR count). The van der Waals surface area contributed by atoms with E-state index in [4.69, 9.17) is 0 Å². The molecule has 2 aliphatic rings. The Morgan fingerprint density at radius 1 is 1.18 bits per heavy atom. The second-order valence-corrected chi connectivity index (χ2v) is 5.95. The van der Waals surface area contributed by atoms with Gasteiger partial charge in [0.05, 0.1) is 0 Å². The van der Waals surface area contributed by atoms with Crippen LogP contribution in [0.3, 0.4) is 0 Å². The van der Waals surface area contributed by atoms with E-state index in [1.165, 1.54) is 18.4 Å². The molecule has 0 bridgehead atoms. The van der Waals surface area contributed by atoms with Crippen LogP contribution in [0.1, 0.15) is 30.7 Å². The zero-order valence-electron chi connectivity index (χ0n) is 9.73. The molecule has 2 nitrogen and oxygen atoms in total. The Morgan fingerprint density at radius 2 is 1.82 bits per heavy atom. The van der Waals surface area contributed by atoms with Gasteiger partial charge in [0, 0.05) is 23.5 Å². The number of amides is 1. The molecule has 1 heterocycles. The first kappa shape index (κ1) is 11.3. The van der Waals surface area contributed by atoms with E-state index in [1.54, 1.807) is 0 Å². The standard InChI is InChI=1S/C14H16BrNO/c15-11-5-3-10(4-6-11)12-9-13(12)14(17)16-7-1-2-8-16/h3-6,12-13H,1-2,7-9H2/t12-,13+/m1/s1. The summed E-state index contributed by atoms with van der Waals surface area (Å²) in [7, 11) is 0. The molecule has 1 aromatic carbocycles. The highest BCUT2D eigenvalue weighted by Crippen LogP contribution is 2.48. The van der Waals surface area contributed by atoms with E-state index in [0.29, 0.717) is 11.8 Å². The normalized spacial score (nSPS) is 27.2. The first-order chi connectivity index (χ1) is 8.25. The summed E-state index contributed by atoms with van der Waals surface area (Å²) in [6.45, 7) is 1.95. The monoisotopic (exact) mass is 293 g/mol. The Kier molecular flexibility index (Phi) is 2.95. The Labute approximate surface area is 110 Å². The van der Waals surface area contributed by atoms with Gasteiger partial charge in [-0.05, 0) is 42.9 Å². The van der Waals surface area contributed by atoms with Crippen LogP contribution < -0.4 is 0 Å². The summed E-state index contributed by atoms with van der Waals surface area (Å²) in [5.74, 6) is 1.11. The molecule has 1 saturated heterocycles. The van der Waals surface area contributed by atoms with E-state index in [-0.39, 0.29) is 5.92 Å². The number of hydrogen-bond acceptors (Lipinski definition) is 1. The van der Waals surface area contributed by atoms with Crippen LogP contribution in [0.15, 0.2) is 28.7 Å². The molecule has 2 fully saturated rings. The Hall–Kier alpha value is -0.830. The molecule has 0 unspecified atom stereocenters. The summed E-state index contributed by atoms with van der Waals surface area (Å²) in [6.07, 6.45) is 3.40. The van der Waals surface area contributed by atoms with Gasteiger partial charge < -0.3 is 4.90 Å². The smallest absolute Gasteiger partial charge is 0.226 e. The number of benzene rings is 1. The topological polar surface area (TPSA) is 20.3 Å². The summed E-state index contributed by atoms with van der Waals surface area (Å²) < 4.78 is 1.10. The lowest BCUT2D eigenvalue weighted by atomic mass is 10.1. The molecule has 3 heteroatoms. The number of halogens is 1. The third kappa shape index (κ3) is 2.25. The van der Waals surface area contributed by atoms with Crippen LogP contribution in [0.2, 0.25) is 0 Å². The second kappa shape index (κ2) is 4.45. The van der Waals surface area contributed by atoms with Crippen molar-refractivity contribution < 1.29 is 4.79 Å².